The van der Waals surface area contributed by atoms with E-state index in [0.29, 0.717) is 6.04 Å². The van der Waals surface area contributed by atoms with Crippen molar-refractivity contribution < 1.29 is 0 Å². The van der Waals surface area contributed by atoms with E-state index in [2.05, 4.69) is 51.9 Å². The third-order valence-corrected chi connectivity index (χ3v) is 5.06. The fraction of sp³-hybridized carbons (Fsp3) is 0.500. The van der Waals surface area contributed by atoms with Crippen molar-refractivity contribution in [2.75, 3.05) is 20.1 Å². The van der Waals surface area contributed by atoms with Gasteiger partial charge in [0.25, 0.3) is 0 Å². The van der Waals surface area contributed by atoms with Crippen molar-refractivity contribution in [1.29, 1.82) is 0 Å². The third kappa shape index (κ3) is 4.62. The summed E-state index contributed by atoms with van der Waals surface area (Å²) in [7, 11) is 2.24. The molecule has 3 rings (SSSR count). The maximum Gasteiger partial charge on any atom is 0.0543 e. The summed E-state index contributed by atoms with van der Waals surface area (Å²) < 4.78 is 0. The van der Waals surface area contributed by atoms with Crippen molar-refractivity contribution in [2.45, 2.75) is 45.3 Å². The van der Waals surface area contributed by atoms with Crippen LogP contribution in [0, 0.1) is 6.92 Å². The molecule has 3 heterocycles. The van der Waals surface area contributed by atoms with E-state index in [-0.39, 0.29) is 0 Å². The van der Waals surface area contributed by atoms with E-state index in [1.165, 1.54) is 31.4 Å². The van der Waals surface area contributed by atoms with Crippen LogP contribution in [0.5, 0.6) is 0 Å². The molecular formula is C20H28N4. The molecule has 0 amide bonds. The molecule has 128 valence electrons. The second-order valence-corrected chi connectivity index (χ2v) is 6.85. The van der Waals surface area contributed by atoms with Crippen molar-refractivity contribution in [3.8, 4) is 0 Å². The highest BCUT2D eigenvalue weighted by Crippen LogP contribution is 2.19. The zero-order valence-electron chi connectivity index (χ0n) is 14.9. The zero-order valence-corrected chi connectivity index (χ0v) is 14.9. The fourth-order valence-corrected chi connectivity index (χ4v) is 3.54. The van der Waals surface area contributed by atoms with Gasteiger partial charge in [-0.2, -0.15) is 0 Å². The van der Waals surface area contributed by atoms with Gasteiger partial charge in [0, 0.05) is 37.2 Å². The number of hydrogen-bond donors (Lipinski definition) is 0. The zero-order chi connectivity index (χ0) is 16.8. The first kappa shape index (κ1) is 17.1. The molecule has 1 atom stereocenters. The number of rotatable bonds is 5. The number of hydrogen-bond acceptors (Lipinski definition) is 4. The molecule has 2 aromatic heterocycles. The lowest BCUT2D eigenvalue weighted by atomic mass is 10.1. The van der Waals surface area contributed by atoms with Crippen LogP contribution in [-0.4, -0.2) is 45.9 Å². The summed E-state index contributed by atoms with van der Waals surface area (Å²) in [5.41, 5.74) is 3.68. The Balaban J connectivity index is 1.54. The number of aromatic nitrogens is 2. The third-order valence-electron chi connectivity index (χ3n) is 5.06. The SMILES string of the molecule is Cc1ncccc1CN1CCCC(N(C)Cc2ccccn2)CC1. The van der Waals surface area contributed by atoms with Crippen molar-refractivity contribution in [3.63, 3.8) is 0 Å². The molecule has 1 fully saturated rings. The summed E-state index contributed by atoms with van der Waals surface area (Å²) in [5.74, 6) is 0. The Morgan fingerprint density at radius 2 is 1.96 bits per heavy atom. The molecule has 0 radical (unpaired) electrons. The van der Waals surface area contributed by atoms with Gasteiger partial charge in [0.05, 0.1) is 5.69 Å². The molecule has 1 saturated heterocycles. The average molecular weight is 324 g/mol. The molecule has 1 unspecified atom stereocenters. The van der Waals surface area contributed by atoms with Gasteiger partial charge in [0.15, 0.2) is 0 Å². The molecule has 2 aromatic rings. The van der Waals surface area contributed by atoms with Gasteiger partial charge in [-0.15, -0.1) is 0 Å². The maximum absolute atomic E-state index is 4.46. The highest BCUT2D eigenvalue weighted by atomic mass is 15.2. The molecule has 0 N–H and O–H groups in total. The summed E-state index contributed by atoms with van der Waals surface area (Å²) >= 11 is 0. The maximum atomic E-state index is 4.46. The van der Waals surface area contributed by atoms with Gasteiger partial charge in [-0.25, -0.2) is 0 Å². The van der Waals surface area contributed by atoms with Gasteiger partial charge in [0.1, 0.15) is 0 Å². The molecule has 24 heavy (non-hydrogen) atoms. The van der Waals surface area contributed by atoms with Gasteiger partial charge in [-0.1, -0.05) is 12.1 Å². The number of aryl methyl sites for hydroxylation is 1. The minimum atomic E-state index is 0.645. The van der Waals surface area contributed by atoms with Crippen molar-refractivity contribution in [1.82, 2.24) is 19.8 Å². The lowest BCUT2D eigenvalue weighted by Crippen LogP contribution is -2.32. The molecule has 0 saturated carbocycles. The van der Waals surface area contributed by atoms with Crippen LogP contribution < -0.4 is 0 Å². The first-order chi connectivity index (χ1) is 11.7. The lowest BCUT2D eigenvalue weighted by molar-refractivity contribution is 0.204. The Labute approximate surface area is 145 Å². The van der Waals surface area contributed by atoms with E-state index >= 15 is 0 Å². The van der Waals surface area contributed by atoms with Crippen LogP contribution in [0.2, 0.25) is 0 Å². The lowest BCUT2D eigenvalue weighted by Gasteiger charge is -2.27. The van der Waals surface area contributed by atoms with Gasteiger partial charge < -0.3 is 0 Å². The molecule has 4 nitrogen and oxygen atoms in total. The Morgan fingerprint density at radius 3 is 2.75 bits per heavy atom. The number of pyridine rings is 2. The summed E-state index contributed by atoms with van der Waals surface area (Å²) in [4.78, 5) is 13.9. The quantitative estimate of drug-likeness (QED) is 0.845. The molecular weight excluding hydrogens is 296 g/mol. The minimum absolute atomic E-state index is 0.645. The largest absolute Gasteiger partial charge is 0.299 e. The van der Waals surface area contributed by atoms with Crippen LogP contribution >= 0.6 is 0 Å². The first-order valence-corrected chi connectivity index (χ1v) is 8.95. The van der Waals surface area contributed by atoms with Crippen molar-refractivity contribution in [3.05, 3.63) is 59.7 Å². The highest BCUT2D eigenvalue weighted by molar-refractivity contribution is 5.18. The minimum Gasteiger partial charge on any atom is -0.299 e. The Morgan fingerprint density at radius 1 is 1.08 bits per heavy atom. The fourth-order valence-electron chi connectivity index (χ4n) is 3.54. The molecule has 4 heteroatoms. The summed E-state index contributed by atoms with van der Waals surface area (Å²) in [5, 5.41) is 0. The second-order valence-electron chi connectivity index (χ2n) is 6.85. The Hall–Kier alpha value is -1.78. The molecule has 0 aromatic carbocycles. The first-order valence-electron chi connectivity index (χ1n) is 8.95. The van der Waals surface area contributed by atoms with Crippen LogP contribution in [-0.2, 0) is 13.1 Å². The number of nitrogens with zero attached hydrogens (tertiary/aromatic N) is 4. The molecule has 1 aliphatic heterocycles. The number of likely N-dealkylation sites (tertiary alicyclic amines) is 1. The van der Waals surface area contributed by atoms with E-state index in [1.54, 1.807) is 0 Å². The Kier molecular flexibility index (Phi) is 5.94. The van der Waals surface area contributed by atoms with E-state index in [0.717, 1.165) is 31.0 Å². The molecule has 0 bridgehead atoms. The van der Waals surface area contributed by atoms with Crippen LogP contribution in [0.3, 0.4) is 0 Å². The smallest absolute Gasteiger partial charge is 0.0543 e. The van der Waals surface area contributed by atoms with Crippen LogP contribution in [0.1, 0.15) is 36.2 Å². The van der Waals surface area contributed by atoms with Gasteiger partial charge in [0.2, 0.25) is 0 Å². The monoisotopic (exact) mass is 324 g/mol. The standard InChI is InChI=1S/C20H28N4/c1-17-18(7-5-12-21-17)15-24-13-6-9-20(10-14-24)23(2)16-19-8-3-4-11-22-19/h3-5,7-8,11-12,20H,6,9-10,13-16H2,1-2H3. The average Bonchev–Trinajstić information content (AvgIpc) is 2.84. The van der Waals surface area contributed by atoms with E-state index < -0.39 is 0 Å². The predicted octanol–water partition coefficient (Wildman–Crippen LogP) is 3.27. The second kappa shape index (κ2) is 8.36. The summed E-state index contributed by atoms with van der Waals surface area (Å²) in [6.45, 7) is 6.41. The van der Waals surface area contributed by atoms with Gasteiger partial charge >= 0.3 is 0 Å². The van der Waals surface area contributed by atoms with Crippen molar-refractivity contribution in [2.24, 2.45) is 0 Å². The van der Waals surface area contributed by atoms with E-state index in [4.69, 9.17) is 0 Å². The van der Waals surface area contributed by atoms with Crippen molar-refractivity contribution >= 4 is 0 Å². The topological polar surface area (TPSA) is 32.3 Å². The van der Waals surface area contributed by atoms with Crippen LogP contribution in [0.25, 0.3) is 0 Å². The summed E-state index contributed by atoms with van der Waals surface area (Å²) in [6, 6.07) is 11.1. The van der Waals surface area contributed by atoms with E-state index in [1.807, 2.05) is 24.5 Å². The molecule has 1 aliphatic rings. The van der Waals surface area contributed by atoms with E-state index in [9.17, 15) is 0 Å². The molecule has 0 spiro atoms. The van der Waals surface area contributed by atoms with Crippen LogP contribution in [0.4, 0.5) is 0 Å². The van der Waals surface area contributed by atoms with Gasteiger partial charge in [-0.05, 0) is 70.1 Å². The molecule has 0 aliphatic carbocycles. The van der Waals surface area contributed by atoms with Gasteiger partial charge in [-0.3, -0.25) is 19.8 Å². The summed E-state index contributed by atoms with van der Waals surface area (Å²) in [6.07, 6.45) is 7.52. The highest BCUT2D eigenvalue weighted by Gasteiger charge is 2.21. The predicted molar refractivity (Wildman–Crippen MR) is 97.6 cm³/mol. The normalized spacial score (nSPS) is 19.4. The Bertz CT molecular complexity index is 629. The van der Waals surface area contributed by atoms with Crippen LogP contribution in [0.15, 0.2) is 42.7 Å².